The molecule has 1 aromatic rings. The third kappa shape index (κ3) is 6.21. The van der Waals surface area contributed by atoms with Crippen LogP contribution in [-0.2, 0) is 15.8 Å². The van der Waals surface area contributed by atoms with Gasteiger partial charge in [-0.1, -0.05) is 30.4 Å². The predicted octanol–water partition coefficient (Wildman–Crippen LogP) is 1.88. The summed E-state index contributed by atoms with van der Waals surface area (Å²) in [7, 11) is -3.35. The van der Waals surface area contributed by atoms with E-state index in [9.17, 15) is 8.42 Å². The molecule has 0 aromatic heterocycles. The topological polar surface area (TPSA) is 72.2 Å². The first-order valence-electron chi connectivity index (χ1n) is 6.22. The lowest BCUT2D eigenvalue weighted by Crippen LogP contribution is -2.33. The van der Waals surface area contributed by atoms with Gasteiger partial charge < -0.3 is 5.73 Å². The molecular formula is C13H20N2O2S3. The van der Waals surface area contributed by atoms with E-state index in [4.69, 9.17) is 18.0 Å². The van der Waals surface area contributed by atoms with Crippen LogP contribution in [0.2, 0.25) is 0 Å². The summed E-state index contributed by atoms with van der Waals surface area (Å²) in [5.74, 6) is 0.869. The van der Waals surface area contributed by atoms with E-state index in [1.807, 2.05) is 13.2 Å². The molecule has 0 radical (unpaired) electrons. The Hall–Kier alpha value is -0.630. The Morgan fingerprint density at radius 3 is 2.80 bits per heavy atom. The van der Waals surface area contributed by atoms with Crippen LogP contribution in [0.4, 0.5) is 0 Å². The van der Waals surface area contributed by atoms with Gasteiger partial charge in [0, 0.05) is 11.6 Å². The van der Waals surface area contributed by atoms with Crippen LogP contribution in [0.5, 0.6) is 0 Å². The minimum atomic E-state index is -3.35. The van der Waals surface area contributed by atoms with Gasteiger partial charge in [0.05, 0.1) is 5.75 Å². The number of hydrogen-bond donors (Lipinski definition) is 2. The molecule has 7 heteroatoms. The van der Waals surface area contributed by atoms with Crippen LogP contribution in [0.25, 0.3) is 0 Å². The average Bonchev–Trinajstić information content (AvgIpc) is 2.35. The first kappa shape index (κ1) is 17.4. The minimum absolute atomic E-state index is 0.0624. The number of nitrogens with two attached hydrogens (primary N) is 1. The molecule has 0 spiro atoms. The van der Waals surface area contributed by atoms with Gasteiger partial charge in [-0.2, -0.15) is 11.8 Å². The molecule has 0 aliphatic rings. The summed E-state index contributed by atoms with van der Waals surface area (Å²) in [5.41, 5.74) is 6.91. The standard InChI is InChI=1S/C13H20N2O2S3/c1-10(6-7-19-2)15-20(16,17)9-11-4-3-5-12(8-11)13(14)18/h3-5,8,10,15H,6-7,9H2,1-2H3,(H2,14,18). The lowest BCUT2D eigenvalue weighted by Gasteiger charge is -2.14. The van der Waals surface area contributed by atoms with Gasteiger partial charge in [-0.05, 0) is 37.0 Å². The van der Waals surface area contributed by atoms with Gasteiger partial charge in [0.2, 0.25) is 10.0 Å². The fourth-order valence-corrected chi connectivity index (χ4v) is 3.88. The molecule has 0 bridgehead atoms. The largest absolute Gasteiger partial charge is 0.389 e. The number of benzene rings is 1. The molecule has 112 valence electrons. The molecule has 1 rings (SSSR count). The van der Waals surface area contributed by atoms with E-state index in [-0.39, 0.29) is 16.8 Å². The van der Waals surface area contributed by atoms with Crippen molar-refractivity contribution in [2.45, 2.75) is 25.1 Å². The Bertz CT molecular complexity index is 558. The number of rotatable bonds is 8. The van der Waals surface area contributed by atoms with E-state index in [0.717, 1.165) is 12.2 Å². The molecule has 0 aliphatic carbocycles. The van der Waals surface area contributed by atoms with Crippen molar-refractivity contribution in [2.24, 2.45) is 5.73 Å². The van der Waals surface area contributed by atoms with E-state index in [2.05, 4.69) is 4.72 Å². The van der Waals surface area contributed by atoms with Crippen LogP contribution in [-0.4, -0.2) is 31.5 Å². The average molecular weight is 333 g/mol. The Labute approximate surface area is 130 Å². The van der Waals surface area contributed by atoms with E-state index in [1.165, 1.54) is 0 Å². The third-order valence-electron chi connectivity index (χ3n) is 2.70. The number of nitrogens with one attached hydrogen (secondary N) is 1. The van der Waals surface area contributed by atoms with Crippen LogP contribution >= 0.6 is 24.0 Å². The van der Waals surface area contributed by atoms with E-state index in [1.54, 1.807) is 36.0 Å². The highest BCUT2D eigenvalue weighted by Gasteiger charge is 2.15. The maximum Gasteiger partial charge on any atom is 0.216 e. The van der Waals surface area contributed by atoms with E-state index in [0.29, 0.717) is 11.1 Å². The Morgan fingerprint density at radius 1 is 1.50 bits per heavy atom. The summed E-state index contributed by atoms with van der Waals surface area (Å²) in [5, 5.41) is 0. The molecular weight excluding hydrogens is 312 g/mol. The molecule has 4 nitrogen and oxygen atoms in total. The summed E-state index contributed by atoms with van der Waals surface area (Å²) in [6.45, 7) is 1.87. The summed E-state index contributed by atoms with van der Waals surface area (Å²) in [6, 6.07) is 6.94. The molecule has 0 saturated heterocycles. The SMILES string of the molecule is CSCCC(C)NS(=O)(=O)Cc1cccc(C(N)=S)c1. The number of sulfonamides is 1. The Balaban J connectivity index is 2.71. The van der Waals surface area contributed by atoms with Crippen molar-refractivity contribution in [3.8, 4) is 0 Å². The normalized spacial score (nSPS) is 13.1. The predicted molar refractivity (Wildman–Crippen MR) is 90.5 cm³/mol. The van der Waals surface area contributed by atoms with Crippen LogP contribution in [0.3, 0.4) is 0 Å². The fraction of sp³-hybridized carbons (Fsp3) is 0.462. The summed E-state index contributed by atoms with van der Waals surface area (Å²) in [6.07, 6.45) is 2.82. The second-order valence-electron chi connectivity index (χ2n) is 4.62. The number of thiocarbonyl (C=S) groups is 1. The van der Waals surface area contributed by atoms with Gasteiger partial charge in [0.1, 0.15) is 4.99 Å². The maximum absolute atomic E-state index is 12.1. The highest BCUT2D eigenvalue weighted by atomic mass is 32.2. The van der Waals surface area contributed by atoms with Crippen LogP contribution in [0.15, 0.2) is 24.3 Å². The van der Waals surface area contributed by atoms with Gasteiger partial charge in [0.15, 0.2) is 0 Å². The van der Waals surface area contributed by atoms with Gasteiger partial charge in [-0.25, -0.2) is 13.1 Å². The second kappa shape index (κ2) is 7.97. The number of thioether (sulfide) groups is 1. The lowest BCUT2D eigenvalue weighted by molar-refractivity contribution is 0.556. The van der Waals surface area contributed by atoms with Crippen molar-refractivity contribution < 1.29 is 8.42 Å². The zero-order chi connectivity index (χ0) is 15.2. The lowest BCUT2D eigenvalue weighted by atomic mass is 10.1. The number of hydrogen-bond acceptors (Lipinski definition) is 4. The highest BCUT2D eigenvalue weighted by Crippen LogP contribution is 2.10. The summed E-state index contributed by atoms with van der Waals surface area (Å²) >= 11 is 6.59. The quantitative estimate of drug-likeness (QED) is 0.711. The van der Waals surface area contributed by atoms with E-state index < -0.39 is 10.0 Å². The fourth-order valence-electron chi connectivity index (χ4n) is 1.74. The van der Waals surface area contributed by atoms with Crippen molar-refractivity contribution in [1.82, 2.24) is 4.72 Å². The minimum Gasteiger partial charge on any atom is -0.389 e. The van der Waals surface area contributed by atoms with Crippen molar-refractivity contribution in [1.29, 1.82) is 0 Å². The monoisotopic (exact) mass is 332 g/mol. The second-order valence-corrected chi connectivity index (χ2v) is 7.80. The molecule has 0 saturated carbocycles. The Morgan fingerprint density at radius 2 is 2.20 bits per heavy atom. The van der Waals surface area contributed by atoms with Gasteiger partial charge >= 0.3 is 0 Å². The van der Waals surface area contributed by atoms with Crippen LogP contribution < -0.4 is 10.5 Å². The first-order chi connectivity index (χ1) is 9.34. The first-order valence-corrected chi connectivity index (χ1v) is 9.67. The molecule has 0 heterocycles. The molecule has 1 aromatic carbocycles. The maximum atomic E-state index is 12.1. The molecule has 0 fully saturated rings. The molecule has 1 atom stereocenters. The van der Waals surface area contributed by atoms with E-state index >= 15 is 0 Å². The zero-order valence-electron chi connectivity index (χ0n) is 11.6. The third-order valence-corrected chi connectivity index (χ3v) is 5.06. The summed E-state index contributed by atoms with van der Waals surface area (Å²) in [4.78, 5) is 0.269. The molecule has 0 amide bonds. The molecule has 3 N–H and O–H groups in total. The zero-order valence-corrected chi connectivity index (χ0v) is 14.1. The van der Waals surface area contributed by atoms with Gasteiger partial charge in [-0.15, -0.1) is 0 Å². The summed E-state index contributed by atoms with van der Waals surface area (Å²) < 4.78 is 26.8. The van der Waals surface area contributed by atoms with Gasteiger partial charge in [0.25, 0.3) is 0 Å². The smallest absolute Gasteiger partial charge is 0.216 e. The molecule has 1 unspecified atom stereocenters. The molecule has 20 heavy (non-hydrogen) atoms. The molecule has 0 aliphatic heterocycles. The van der Waals surface area contributed by atoms with Gasteiger partial charge in [-0.3, -0.25) is 0 Å². The van der Waals surface area contributed by atoms with Crippen LogP contribution in [0, 0.1) is 0 Å². The Kier molecular flexibility index (Phi) is 6.94. The highest BCUT2D eigenvalue weighted by molar-refractivity contribution is 7.98. The van der Waals surface area contributed by atoms with Crippen molar-refractivity contribution in [2.75, 3.05) is 12.0 Å². The van der Waals surface area contributed by atoms with Crippen molar-refractivity contribution in [3.63, 3.8) is 0 Å². The van der Waals surface area contributed by atoms with Crippen molar-refractivity contribution >= 4 is 39.0 Å². The van der Waals surface area contributed by atoms with Crippen molar-refractivity contribution in [3.05, 3.63) is 35.4 Å². The van der Waals surface area contributed by atoms with Crippen LogP contribution in [0.1, 0.15) is 24.5 Å².